The first-order valence-electron chi connectivity index (χ1n) is 6.50. The van der Waals surface area contributed by atoms with Gasteiger partial charge in [0.25, 0.3) is 0 Å². The van der Waals surface area contributed by atoms with Gasteiger partial charge >= 0.3 is 0 Å². The summed E-state index contributed by atoms with van der Waals surface area (Å²) in [6, 6.07) is 0.390. The van der Waals surface area contributed by atoms with Gasteiger partial charge in [0.15, 0.2) is 9.84 Å². The number of rotatable bonds is 6. The molecule has 3 nitrogen and oxygen atoms in total. The van der Waals surface area contributed by atoms with E-state index in [1.807, 2.05) is 0 Å². The predicted molar refractivity (Wildman–Crippen MR) is 72.9 cm³/mol. The van der Waals surface area contributed by atoms with Gasteiger partial charge in [-0.1, -0.05) is 11.6 Å². The topological polar surface area (TPSA) is 46.2 Å². The highest BCUT2D eigenvalue weighted by Crippen LogP contribution is 2.19. The number of nitrogens with one attached hydrogen (secondary N) is 1. The largest absolute Gasteiger partial charge is 0.313 e. The summed E-state index contributed by atoms with van der Waals surface area (Å²) in [6.07, 6.45) is 6.02. The van der Waals surface area contributed by atoms with Crippen molar-refractivity contribution in [3.63, 3.8) is 0 Å². The van der Waals surface area contributed by atoms with Crippen molar-refractivity contribution in [1.29, 1.82) is 0 Å². The standard InChI is InChI=1S/C13H25NO2S/c1-11(2)6-4-7-12(3)14-10-13-8-5-9-17(13,15)16/h6,12-14H,4-5,7-10H2,1-3H3. The molecule has 1 aliphatic heterocycles. The van der Waals surface area contributed by atoms with Crippen LogP contribution in [0.4, 0.5) is 0 Å². The van der Waals surface area contributed by atoms with Crippen molar-refractivity contribution in [2.45, 2.75) is 57.7 Å². The van der Waals surface area contributed by atoms with E-state index in [-0.39, 0.29) is 5.25 Å². The third-order valence-corrected chi connectivity index (χ3v) is 5.58. The van der Waals surface area contributed by atoms with Crippen LogP contribution in [0.2, 0.25) is 0 Å². The maximum atomic E-state index is 11.6. The van der Waals surface area contributed by atoms with Crippen molar-refractivity contribution in [3.8, 4) is 0 Å². The normalized spacial score (nSPS) is 24.5. The quantitative estimate of drug-likeness (QED) is 0.744. The summed E-state index contributed by atoms with van der Waals surface area (Å²) in [7, 11) is -2.79. The van der Waals surface area contributed by atoms with Crippen molar-refractivity contribution in [3.05, 3.63) is 11.6 Å². The van der Waals surface area contributed by atoms with Crippen LogP contribution >= 0.6 is 0 Å². The Kier molecular flexibility index (Phi) is 5.67. The number of hydrogen-bond acceptors (Lipinski definition) is 3. The summed E-state index contributed by atoms with van der Waals surface area (Å²) in [5, 5.41) is 3.20. The fourth-order valence-corrected chi connectivity index (χ4v) is 3.92. The van der Waals surface area contributed by atoms with E-state index in [1.165, 1.54) is 5.57 Å². The maximum Gasteiger partial charge on any atom is 0.154 e. The van der Waals surface area contributed by atoms with Gasteiger partial charge < -0.3 is 5.32 Å². The lowest BCUT2D eigenvalue weighted by atomic mass is 10.1. The summed E-state index contributed by atoms with van der Waals surface area (Å²) >= 11 is 0. The first-order valence-corrected chi connectivity index (χ1v) is 8.21. The maximum absolute atomic E-state index is 11.6. The third-order valence-electron chi connectivity index (χ3n) is 3.31. The molecule has 100 valence electrons. The molecule has 17 heavy (non-hydrogen) atoms. The molecule has 0 saturated carbocycles. The van der Waals surface area contributed by atoms with Gasteiger partial charge in [0.05, 0.1) is 11.0 Å². The third kappa shape index (κ3) is 5.21. The molecule has 0 aliphatic carbocycles. The van der Waals surface area contributed by atoms with Gasteiger partial charge in [-0.25, -0.2) is 8.42 Å². The van der Waals surface area contributed by atoms with E-state index in [1.54, 1.807) is 0 Å². The average molecular weight is 259 g/mol. The Labute approximate surface area is 106 Å². The fourth-order valence-electron chi connectivity index (χ4n) is 2.14. The van der Waals surface area contributed by atoms with E-state index in [2.05, 4.69) is 32.2 Å². The van der Waals surface area contributed by atoms with Crippen LogP contribution in [0.3, 0.4) is 0 Å². The minimum absolute atomic E-state index is 0.145. The van der Waals surface area contributed by atoms with Crippen molar-refractivity contribution in [2.24, 2.45) is 0 Å². The molecule has 0 amide bonds. The summed E-state index contributed by atoms with van der Waals surface area (Å²) in [5.74, 6) is 0.380. The van der Waals surface area contributed by atoms with E-state index in [0.717, 1.165) is 25.7 Å². The molecular weight excluding hydrogens is 234 g/mol. The summed E-state index contributed by atoms with van der Waals surface area (Å²) < 4.78 is 23.3. The van der Waals surface area contributed by atoms with Crippen molar-refractivity contribution < 1.29 is 8.42 Å². The Morgan fingerprint density at radius 1 is 1.47 bits per heavy atom. The zero-order chi connectivity index (χ0) is 12.9. The monoisotopic (exact) mass is 259 g/mol. The second-order valence-electron chi connectivity index (χ2n) is 5.30. The second-order valence-corrected chi connectivity index (χ2v) is 7.70. The Morgan fingerprint density at radius 3 is 2.71 bits per heavy atom. The van der Waals surface area contributed by atoms with Crippen LogP contribution in [0.1, 0.15) is 46.5 Å². The van der Waals surface area contributed by atoms with Crippen LogP contribution in [0.25, 0.3) is 0 Å². The van der Waals surface area contributed by atoms with Gasteiger partial charge in [0.2, 0.25) is 0 Å². The van der Waals surface area contributed by atoms with Crippen LogP contribution in [-0.2, 0) is 9.84 Å². The summed E-state index contributed by atoms with van der Waals surface area (Å²) in [5.41, 5.74) is 1.34. The highest BCUT2D eigenvalue weighted by molar-refractivity contribution is 7.92. The van der Waals surface area contributed by atoms with Crippen LogP contribution < -0.4 is 5.32 Å². The molecule has 2 atom stereocenters. The first kappa shape index (κ1) is 14.7. The molecule has 0 radical (unpaired) electrons. The highest BCUT2D eigenvalue weighted by Gasteiger charge is 2.30. The predicted octanol–water partition coefficient (Wildman–Crippen LogP) is 2.29. The molecule has 0 aromatic heterocycles. The van der Waals surface area contributed by atoms with Gasteiger partial charge in [-0.2, -0.15) is 0 Å². The Balaban J connectivity index is 2.24. The molecular formula is C13H25NO2S. The van der Waals surface area contributed by atoms with E-state index < -0.39 is 9.84 Å². The van der Waals surface area contributed by atoms with E-state index in [9.17, 15) is 8.42 Å². The number of allylic oxidation sites excluding steroid dienone is 2. The van der Waals surface area contributed by atoms with Crippen molar-refractivity contribution in [2.75, 3.05) is 12.3 Å². The van der Waals surface area contributed by atoms with E-state index in [0.29, 0.717) is 18.3 Å². The van der Waals surface area contributed by atoms with Crippen LogP contribution in [0.15, 0.2) is 11.6 Å². The summed E-state index contributed by atoms with van der Waals surface area (Å²) in [6.45, 7) is 6.95. The zero-order valence-electron chi connectivity index (χ0n) is 11.2. The molecule has 0 aromatic carbocycles. The van der Waals surface area contributed by atoms with Gasteiger partial charge in [-0.3, -0.25) is 0 Å². The molecule has 0 spiro atoms. The average Bonchev–Trinajstić information content (AvgIpc) is 2.54. The Bertz CT molecular complexity index is 356. The Hall–Kier alpha value is -0.350. The molecule has 0 aromatic rings. The number of sulfone groups is 1. The minimum Gasteiger partial charge on any atom is -0.313 e. The van der Waals surface area contributed by atoms with Gasteiger partial charge in [-0.15, -0.1) is 0 Å². The first-order chi connectivity index (χ1) is 7.92. The lowest BCUT2D eigenvalue weighted by Crippen LogP contribution is -2.35. The molecule has 2 unspecified atom stereocenters. The smallest absolute Gasteiger partial charge is 0.154 e. The van der Waals surface area contributed by atoms with Crippen LogP contribution in [0.5, 0.6) is 0 Å². The number of hydrogen-bond donors (Lipinski definition) is 1. The zero-order valence-corrected chi connectivity index (χ0v) is 12.0. The highest BCUT2D eigenvalue weighted by atomic mass is 32.2. The van der Waals surface area contributed by atoms with Crippen molar-refractivity contribution >= 4 is 9.84 Å². The molecule has 1 heterocycles. The van der Waals surface area contributed by atoms with Gasteiger partial charge in [-0.05, 0) is 46.5 Å². The fraction of sp³-hybridized carbons (Fsp3) is 0.846. The molecule has 4 heteroatoms. The molecule has 1 fully saturated rings. The lowest BCUT2D eigenvalue weighted by molar-refractivity contribution is 0.502. The molecule has 1 aliphatic rings. The van der Waals surface area contributed by atoms with Gasteiger partial charge in [0.1, 0.15) is 0 Å². The molecule has 1 rings (SSSR count). The second kappa shape index (κ2) is 6.55. The molecule has 1 N–H and O–H groups in total. The lowest BCUT2D eigenvalue weighted by Gasteiger charge is -2.16. The SMILES string of the molecule is CC(C)=CCCC(C)NCC1CCCS1(=O)=O. The molecule has 1 saturated heterocycles. The van der Waals surface area contributed by atoms with E-state index in [4.69, 9.17) is 0 Å². The summed E-state index contributed by atoms with van der Waals surface area (Å²) in [4.78, 5) is 0. The van der Waals surface area contributed by atoms with Crippen LogP contribution in [0, 0.1) is 0 Å². The molecule has 0 bridgehead atoms. The van der Waals surface area contributed by atoms with Gasteiger partial charge in [0, 0.05) is 12.6 Å². The Morgan fingerprint density at radius 2 is 2.18 bits per heavy atom. The minimum atomic E-state index is -2.79. The van der Waals surface area contributed by atoms with Crippen LogP contribution in [-0.4, -0.2) is 32.0 Å². The van der Waals surface area contributed by atoms with E-state index >= 15 is 0 Å². The van der Waals surface area contributed by atoms with Crippen molar-refractivity contribution in [1.82, 2.24) is 5.32 Å².